The van der Waals surface area contributed by atoms with Gasteiger partial charge in [0.1, 0.15) is 23.1 Å². The van der Waals surface area contributed by atoms with Crippen molar-refractivity contribution < 1.29 is 18.7 Å². The van der Waals surface area contributed by atoms with Gasteiger partial charge in [0.2, 0.25) is 0 Å². The second kappa shape index (κ2) is 8.16. The van der Waals surface area contributed by atoms with Crippen molar-refractivity contribution in [2.45, 2.75) is 6.54 Å². The Labute approximate surface area is 151 Å². The van der Waals surface area contributed by atoms with Gasteiger partial charge in [0, 0.05) is 6.54 Å². The molecule has 3 aromatic carbocycles. The third kappa shape index (κ3) is 4.39. The van der Waals surface area contributed by atoms with Crippen molar-refractivity contribution in [2.75, 3.05) is 7.11 Å². The summed E-state index contributed by atoms with van der Waals surface area (Å²) in [6, 6.07) is 20.2. The van der Waals surface area contributed by atoms with E-state index in [1.165, 1.54) is 19.2 Å². The van der Waals surface area contributed by atoms with Crippen molar-refractivity contribution in [1.82, 2.24) is 5.32 Å². The van der Waals surface area contributed by atoms with Gasteiger partial charge >= 0.3 is 0 Å². The molecule has 0 aliphatic heterocycles. The van der Waals surface area contributed by atoms with E-state index < -0.39 is 0 Å². The summed E-state index contributed by atoms with van der Waals surface area (Å²) in [5.41, 5.74) is 1.36. The van der Waals surface area contributed by atoms with Crippen LogP contribution in [0.25, 0.3) is 0 Å². The van der Waals surface area contributed by atoms with Crippen LogP contribution in [0.4, 0.5) is 4.39 Å². The van der Waals surface area contributed by atoms with Crippen molar-refractivity contribution in [3.63, 3.8) is 0 Å². The summed E-state index contributed by atoms with van der Waals surface area (Å²) in [5, 5.41) is 2.86. The van der Waals surface area contributed by atoms with Gasteiger partial charge in [0.25, 0.3) is 5.91 Å². The lowest BCUT2D eigenvalue weighted by molar-refractivity contribution is 0.0948. The molecule has 0 heterocycles. The van der Waals surface area contributed by atoms with Gasteiger partial charge in [-0.05, 0) is 54.1 Å². The van der Waals surface area contributed by atoms with E-state index in [1.54, 1.807) is 36.4 Å². The minimum atomic E-state index is -0.315. The maximum atomic E-state index is 13.0. The van der Waals surface area contributed by atoms with Crippen LogP contribution in [0.1, 0.15) is 15.9 Å². The number of halogens is 1. The van der Waals surface area contributed by atoms with Crippen LogP contribution in [0.15, 0.2) is 72.8 Å². The Morgan fingerprint density at radius 1 is 0.962 bits per heavy atom. The first-order valence-corrected chi connectivity index (χ1v) is 8.09. The van der Waals surface area contributed by atoms with Crippen LogP contribution in [0.3, 0.4) is 0 Å². The largest absolute Gasteiger partial charge is 0.496 e. The molecule has 3 aromatic rings. The average molecular weight is 351 g/mol. The normalized spacial score (nSPS) is 10.2. The molecule has 0 aliphatic rings. The first-order valence-electron chi connectivity index (χ1n) is 8.09. The Morgan fingerprint density at radius 2 is 1.73 bits per heavy atom. The van der Waals surface area contributed by atoms with Crippen molar-refractivity contribution >= 4 is 5.91 Å². The highest BCUT2D eigenvalue weighted by molar-refractivity contribution is 5.96. The molecule has 26 heavy (non-hydrogen) atoms. The summed E-state index contributed by atoms with van der Waals surface area (Å²) in [5.74, 6) is 1.15. The highest BCUT2D eigenvalue weighted by Gasteiger charge is 2.11. The lowest BCUT2D eigenvalue weighted by Crippen LogP contribution is -2.23. The quantitative estimate of drug-likeness (QED) is 0.708. The molecule has 0 aliphatic carbocycles. The fourth-order valence-electron chi connectivity index (χ4n) is 2.47. The first-order chi connectivity index (χ1) is 12.7. The summed E-state index contributed by atoms with van der Waals surface area (Å²) < 4.78 is 23.9. The molecule has 0 bridgehead atoms. The molecule has 5 heteroatoms. The van der Waals surface area contributed by atoms with E-state index in [1.807, 2.05) is 24.3 Å². The fourth-order valence-corrected chi connectivity index (χ4v) is 2.47. The third-order valence-electron chi connectivity index (χ3n) is 3.75. The van der Waals surface area contributed by atoms with Crippen LogP contribution in [-0.4, -0.2) is 13.0 Å². The molecule has 3 rings (SSSR count). The van der Waals surface area contributed by atoms with Gasteiger partial charge < -0.3 is 14.8 Å². The van der Waals surface area contributed by atoms with Crippen molar-refractivity contribution in [1.29, 1.82) is 0 Å². The maximum Gasteiger partial charge on any atom is 0.255 e. The molecule has 0 saturated carbocycles. The Hall–Kier alpha value is -3.34. The number of hydrogen-bond donors (Lipinski definition) is 1. The number of methoxy groups -OCH3 is 1. The Bertz CT molecular complexity index is 894. The van der Waals surface area contributed by atoms with E-state index in [0.29, 0.717) is 29.4 Å². The van der Waals surface area contributed by atoms with Gasteiger partial charge in [-0.2, -0.15) is 0 Å². The first kappa shape index (κ1) is 17.5. The molecule has 0 saturated heterocycles. The number of carbonyl (C=O) groups is 1. The summed E-state index contributed by atoms with van der Waals surface area (Å²) >= 11 is 0. The monoisotopic (exact) mass is 351 g/mol. The number of amides is 1. The number of nitrogens with one attached hydrogen (secondary N) is 1. The minimum Gasteiger partial charge on any atom is -0.496 e. The zero-order valence-corrected chi connectivity index (χ0v) is 14.2. The van der Waals surface area contributed by atoms with E-state index in [0.717, 1.165) is 5.56 Å². The van der Waals surface area contributed by atoms with Crippen LogP contribution < -0.4 is 14.8 Å². The second-order valence-electron chi connectivity index (χ2n) is 5.59. The van der Waals surface area contributed by atoms with E-state index >= 15 is 0 Å². The number of carbonyl (C=O) groups excluding carboxylic acids is 1. The molecule has 0 atom stereocenters. The maximum absolute atomic E-state index is 13.0. The van der Waals surface area contributed by atoms with E-state index in [-0.39, 0.29) is 11.7 Å². The van der Waals surface area contributed by atoms with Gasteiger partial charge in [-0.15, -0.1) is 0 Å². The van der Waals surface area contributed by atoms with Gasteiger partial charge in [0.15, 0.2) is 0 Å². The molecule has 4 nitrogen and oxygen atoms in total. The second-order valence-corrected chi connectivity index (χ2v) is 5.59. The number of para-hydroxylation sites is 1. The van der Waals surface area contributed by atoms with Crippen LogP contribution in [0.5, 0.6) is 17.2 Å². The lowest BCUT2D eigenvalue weighted by atomic mass is 10.1. The average Bonchev–Trinajstić information content (AvgIpc) is 2.68. The number of ether oxygens (including phenoxy) is 2. The van der Waals surface area contributed by atoms with Gasteiger partial charge in [-0.1, -0.05) is 24.3 Å². The summed E-state index contributed by atoms with van der Waals surface area (Å²) in [6.45, 7) is 0.345. The molecular weight excluding hydrogens is 333 g/mol. The van der Waals surface area contributed by atoms with Crippen molar-refractivity contribution in [2.24, 2.45) is 0 Å². The number of benzene rings is 3. The van der Waals surface area contributed by atoms with Crippen LogP contribution in [-0.2, 0) is 6.54 Å². The van der Waals surface area contributed by atoms with Gasteiger partial charge in [0.05, 0.1) is 12.7 Å². The molecule has 0 radical (unpaired) electrons. The molecule has 1 N–H and O–H groups in total. The Morgan fingerprint density at radius 3 is 2.50 bits per heavy atom. The Balaban J connectivity index is 1.65. The van der Waals surface area contributed by atoms with Crippen LogP contribution in [0.2, 0.25) is 0 Å². The van der Waals surface area contributed by atoms with Crippen LogP contribution >= 0.6 is 0 Å². The smallest absolute Gasteiger partial charge is 0.255 e. The molecule has 0 fully saturated rings. The summed E-state index contributed by atoms with van der Waals surface area (Å²) in [4.78, 5) is 12.3. The zero-order valence-electron chi connectivity index (χ0n) is 14.2. The van der Waals surface area contributed by atoms with E-state index in [2.05, 4.69) is 5.32 Å². The fraction of sp³-hybridized carbons (Fsp3) is 0.0952. The van der Waals surface area contributed by atoms with E-state index in [4.69, 9.17) is 9.47 Å². The molecule has 0 aromatic heterocycles. The third-order valence-corrected chi connectivity index (χ3v) is 3.75. The molecule has 0 unspecified atom stereocenters. The van der Waals surface area contributed by atoms with E-state index in [9.17, 15) is 9.18 Å². The molecular formula is C21H18FNO3. The number of rotatable bonds is 6. The highest BCUT2D eigenvalue weighted by Crippen LogP contribution is 2.23. The zero-order chi connectivity index (χ0) is 18.4. The predicted octanol–water partition coefficient (Wildman–Crippen LogP) is 4.56. The van der Waals surface area contributed by atoms with Crippen molar-refractivity contribution in [3.05, 3.63) is 89.7 Å². The SMILES string of the molecule is COc1ccccc1C(=O)NCc1cccc(Oc2ccc(F)cc2)c1. The van der Waals surface area contributed by atoms with Gasteiger partial charge in [-0.3, -0.25) is 4.79 Å². The Kier molecular flexibility index (Phi) is 5.49. The predicted molar refractivity (Wildman–Crippen MR) is 97.1 cm³/mol. The standard InChI is InChI=1S/C21H18FNO3/c1-25-20-8-3-2-7-19(20)21(24)23-14-15-5-4-6-18(13-15)26-17-11-9-16(22)10-12-17/h2-13H,14H2,1H3,(H,23,24). The highest BCUT2D eigenvalue weighted by atomic mass is 19.1. The topological polar surface area (TPSA) is 47.6 Å². The van der Waals surface area contributed by atoms with Gasteiger partial charge in [-0.25, -0.2) is 4.39 Å². The lowest BCUT2D eigenvalue weighted by Gasteiger charge is -2.10. The summed E-state index contributed by atoms with van der Waals surface area (Å²) in [6.07, 6.45) is 0. The number of hydrogen-bond acceptors (Lipinski definition) is 3. The van der Waals surface area contributed by atoms with Crippen LogP contribution in [0, 0.1) is 5.82 Å². The molecule has 1 amide bonds. The molecule has 132 valence electrons. The summed E-state index contributed by atoms with van der Waals surface area (Å²) in [7, 11) is 1.53. The van der Waals surface area contributed by atoms with Crippen molar-refractivity contribution in [3.8, 4) is 17.2 Å². The minimum absolute atomic E-state index is 0.215. The molecule has 0 spiro atoms.